The summed E-state index contributed by atoms with van der Waals surface area (Å²) < 4.78 is 0. The van der Waals surface area contributed by atoms with Crippen LogP contribution in [-0.2, 0) is 4.79 Å². The molecule has 16 heavy (non-hydrogen) atoms. The summed E-state index contributed by atoms with van der Waals surface area (Å²) in [4.78, 5) is 11.8. The van der Waals surface area contributed by atoms with E-state index in [-0.39, 0.29) is 11.8 Å². The lowest BCUT2D eigenvalue weighted by Crippen LogP contribution is -2.46. The second kappa shape index (κ2) is 5.15. The second-order valence-electron chi connectivity index (χ2n) is 5.19. The molecule has 1 aliphatic carbocycles. The normalized spacial score (nSPS) is 28.9. The molecule has 0 spiro atoms. The van der Waals surface area contributed by atoms with Gasteiger partial charge in [0.25, 0.3) is 0 Å². The van der Waals surface area contributed by atoms with Crippen LogP contribution >= 0.6 is 0 Å². The fourth-order valence-electron chi connectivity index (χ4n) is 2.66. The number of nitrogens with one attached hydrogen (secondary N) is 2. The third-order valence-electron chi connectivity index (χ3n) is 3.81. The Kier molecular flexibility index (Phi) is 3.82. The minimum absolute atomic E-state index is 0.101. The summed E-state index contributed by atoms with van der Waals surface area (Å²) >= 11 is 0. The highest BCUT2D eigenvalue weighted by Gasteiger charge is 2.31. The maximum absolute atomic E-state index is 11.8. The van der Waals surface area contributed by atoms with Crippen LogP contribution in [0.25, 0.3) is 0 Å². The first-order valence-electron chi connectivity index (χ1n) is 6.40. The van der Waals surface area contributed by atoms with Gasteiger partial charge in [-0.1, -0.05) is 19.3 Å². The minimum Gasteiger partial charge on any atom is -0.388 e. The molecule has 1 amide bonds. The third kappa shape index (κ3) is 2.95. The number of carbonyl (C=O) groups is 1. The van der Waals surface area contributed by atoms with Gasteiger partial charge in [0.05, 0.1) is 11.5 Å². The van der Waals surface area contributed by atoms with E-state index in [4.69, 9.17) is 0 Å². The first-order chi connectivity index (χ1) is 7.70. The average Bonchev–Trinajstić information content (AvgIpc) is 2.80. The molecule has 2 rings (SSSR count). The number of hydrogen-bond donors (Lipinski definition) is 3. The molecule has 1 saturated heterocycles. The number of hydrogen-bond acceptors (Lipinski definition) is 3. The minimum atomic E-state index is -0.639. The van der Waals surface area contributed by atoms with Crippen LogP contribution in [0.4, 0.5) is 0 Å². The van der Waals surface area contributed by atoms with E-state index in [1.54, 1.807) is 0 Å². The van der Waals surface area contributed by atoms with E-state index in [0.29, 0.717) is 6.54 Å². The molecule has 92 valence electrons. The first-order valence-corrected chi connectivity index (χ1v) is 6.40. The van der Waals surface area contributed by atoms with Crippen LogP contribution in [0, 0.1) is 5.92 Å². The maximum atomic E-state index is 11.8. The largest absolute Gasteiger partial charge is 0.388 e. The molecule has 4 heteroatoms. The second-order valence-corrected chi connectivity index (χ2v) is 5.19. The van der Waals surface area contributed by atoms with Crippen LogP contribution in [-0.4, -0.2) is 36.2 Å². The van der Waals surface area contributed by atoms with E-state index >= 15 is 0 Å². The van der Waals surface area contributed by atoms with Crippen molar-refractivity contribution in [2.24, 2.45) is 5.92 Å². The van der Waals surface area contributed by atoms with Crippen LogP contribution in [0.3, 0.4) is 0 Å². The van der Waals surface area contributed by atoms with Gasteiger partial charge in [0.2, 0.25) is 5.91 Å². The number of aliphatic hydroxyl groups is 1. The van der Waals surface area contributed by atoms with Gasteiger partial charge in [0, 0.05) is 13.1 Å². The van der Waals surface area contributed by atoms with Crippen molar-refractivity contribution in [1.29, 1.82) is 0 Å². The van der Waals surface area contributed by atoms with Gasteiger partial charge < -0.3 is 15.7 Å². The average molecular weight is 226 g/mol. The Morgan fingerprint density at radius 1 is 1.38 bits per heavy atom. The summed E-state index contributed by atoms with van der Waals surface area (Å²) in [6, 6.07) is 0. The van der Waals surface area contributed by atoms with E-state index in [1.807, 2.05) is 0 Å². The molecule has 0 aromatic rings. The molecule has 1 saturated carbocycles. The van der Waals surface area contributed by atoms with Gasteiger partial charge in [-0.3, -0.25) is 4.79 Å². The fourth-order valence-corrected chi connectivity index (χ4v) is 2.66. The smallest absolute Gasteiger partial charge is 0.224 e. The Labute approximate surface area is 96.8 Å². The lowest BCUT2D eigenvalue weighted by Gasteiger charge is -2.32. The molecule has 2 fully saturated rings. The van der Waals surface area contributed by atoms with Crippen LogP contribution < -0.4 is 10.6 Å². The number of rotatable bonds is 3. The highest BCUT2D eigenvalue weighted by atomic mass is 16.3. The zero-order valence-electron chi connectivity index (χ0n) is 9.80. The summed E-state index contributed by atoms with van der Waals surface area (Å²) in [5.41, 5.74) is -0.639. The van der Waals surface area contributed by atoms with Crippen molar-refractivity contribution < 1.29 is 9.90 Å². The fraction of sp³-hybridized carbons (Fsp3) is 0.917. The molecule has 0 aromatic carbocycles. The van der Waals surface area contributed by atoms with Gasteiger partial charge >= 0.3 is 0 Å². The van der Waals surface area contributed by atoms with Crippen molar-refractivity contribution in [3.63, 3.8) is 0 Å². The highest BCUT2D eigenvalue weighted by molar-refractivity contribution is 5.79. The highest BCUT2D eigenvalue weighted by Crippen LogP contribution is 2.27. The van der Waals surface area contributed by atoms with E-state index in [2.05, 4.69) is 10.6 Å². The zero-order valence-corrected chi connectivity index (χ0v) is 9.80. The van der Waals surface area contributed by atoms with E-state index in [0.717, 1.165) is 45.2 Å². The van der Waals surface area contributed by atoms with Crippen LogP contribution in [0.1, 0.15) is 38.5 Å². The van der Waals surface area contributed by atoms with E-state index in [9.17, 15) is 9.90 Å². The quantitative estimate of drug-likeness (QED) is 0.653. The molecule has 1 atom stereocenters. The molecular weight excluding hydrogens is 204 g/mol. The molecule has 0 radical (unpaired) electrons. The van der Waals surface area contributed by atoms with Crippen molar-refractivity contribution in [2.75, 3.05) is 19.6 Å². The first kappa shape index (κ1) is 11.9. The molecular formula is C12H22N2O2. The summed E-state index contributed by atoms with van der Waals surface area (Å²) in [7, 11) is 0. The SMILES string of the molecule is O=C(NCC1(O)CCCCC1)C1CCNC1. The number of carbonyl (C=O) groups excluding carboxylic acids is 1. The van der Waals surface area contributed by atoms with Gasteiger partial charge in [-0.05, 0) is 25.8 Å². The lowest BCUT2D eigenvalue weighted by atomic mass is 9.85. The predicted octanol–water partition coefficient (Wildman–Crippen LogP) is 0.407. The van der Waals surface area contributed by atoms with Crippen molar-refractivity contribution in [3.05, 3.63) is 0 Å². The summed E-state index contributed by atoms with van der Waals surface area (Å²) in [6.07, 6.45) is 5.95. The molecule has 3 N–H and O–H groups in total. The monoisotopic (exact) mass is 226 g/mol. The molecule has 0 aromatic heterocycles. The van der Waals surface area contributed by atoms with Gasteiger partial charge in [-0.25, -0.2) is 0 Å². The molecule has 0 bridgehead atoms. The van der Waals surface area contributed by atoms with Gasteiger partial charge in [0.15, 0.2) is 0 Å². The van der Waals surface area contributed by atoms with Crippen LogP contribution in [0.15, 0.2) is 0 Å². The molecule has 2 aliphatic rings. The summed E-state index contributed by atoms with van der Waals surface area (Å²) in [5, 5.41) is 16.3. The van der Waals surface area contributed by atoms with Crippen LogP contribution in [0.5, 0.6) is 0 Å². The Bertz CT molecular complexity index is 243. The van der Waals surface area contributed by atoms with Crippen molar-refractivity contribution in [2.45, 2.75) is 44.1 Å². The standard InChI is InChI=1S/C12H22N2O2/c15-11(10-4-7-13-8-10)14-9-12(16)5-2-1-3-6-12/h10,13,16H,1-9H2,(H,14,15). The molecule has 4 nitrogen and oxygen atoms in total. The van der Waals surface area contributed by atoms with Crippen molar-refractivity contribution in [3.8, 4) is 0 Å². The Balaban J connectivity index is 1.75. The third-order valence-corrected chi connectivity index (χ3v) is 3.81. The predicted molar refractivity (Wildman–Crippen MR) is 62.0 cm³/mol. The Hall–Kier alpha value is -0.610. The number of amides is 1. The maximum Gasteiger partial charge on any atom is 0.224 e. The van der Waals surface area contributed by atoms with Crippen molar-refractivity contribution >= 4 is 5.91 Å². The zero-order chi connectivity index (χ0) is 11.4. The van der Waals surface area contributed by atoms with E-state index in [1.165, 1.54) is 6.42 Å². The lowest BCUT2D eigenvalue weighted by molar-refractivity contribution is -0.126. The Morgan fingerprint density at radius 3 is 2.75 bits per heavy atom. The van der Waals surface area contributed by atoms with Crippen molar-refractivity contribution in [1.82, 2.24) is 10.6 Å². The topological polar surface area (TPSA) is 61.4 Å². The van der Waals surface area contributed by atoms with Crippen LogP contribution in [0.2, 0.25) is 0 Å². The van der Waals surface area contributed by atoms with Gasteiger partial charge in [-0.15, -0.1) is 0 Å². The molecule has 1 heterocycles. The Morgan fingerprint density at radius 2 is 2.12 bits per heavy atom. The summed E-state index contributed by atoms with van der Waals surface area (Å²) in [6.45, 7) is 2.15. The van der Waals surface area contributed by atoms with E-state index < -0.39 is 5.60 Å². The van der Waals surface area contributed by atoms with Gasteiger partial charge in [-0.2, -0.15) is 0 Å². The summed E-state index contributed by atoms with van der Waals surface area (Å²) in [5.74, 6) is 0.205. The molecule has 1 unspecified atom stereocenters. The van der Waals surface area contributed by atoms with Gasteiger partial charge in [0.1, 0.15) is 0 Å². The molecule has 1 aliphatic heterocycles.